The molecule has 0 heterocycles. The first-order valence-corrected chi connectivity index (χ1v) is 8.93. The van der Waals surface area contributed by atoms with Gasteiger partial charge >= 0.3 is 0 Å². The van der Waals surface area contributed by atoms with Gasteiger partial charge in [-0.15, -0.1) is 0 Å². The molecule has 0 aliphatic heterocycles. The van der Waals surface area contributed by atoms with Crippen LogP contribution in [0.25, 0.3) is 0 Å². The van der Waals surface area contributed by atoms with Crippen molar-refractivity contribution in [3.8, 4) is 0 Å². The van der Waals surface area contributed by atoms with Gasteiger partial charge in [-0.05, 0) is 34.2 Å². The van der Waals surface area contributed by atoms with E-state index in [1.165, 1.54) is 27.8 Å². The molecular weight excluding hydrogens is 288 g/mol. The zero-order valence-corrected chi connectivity index (χ0v) is 14.9. The van der Waals surface area contributed by atoms with Gasteiger partial charge in [-0.25, -0.2) is 0 Å². The first-order valence-electron chi connectivity index (χ1n) is 8.93. The third-order valence-corrected chi connectivity index (χ3v) is 5.12. The average molecular weight is 314 g/mol. The van der Waals surface area contributed by atoms with Crippen LogP contribution in [0.5, 0.6) is 0 Å². The van der Waals surface area contributed by atoms with Gasteiger partial charge in [0, 0.05) is 11.8 Å². The summed E-state index contributed by atoms with van der Waals surface area (Å²) in [6, 6.07) is 28.6. The Hall–Kier alpha value is -2.34. The molecule has 2 atom stereocenters. The van der Waals surface area contributed by atoms with Crippen molar-refractivity contribution in [2.75, 3.05) is 0 Å². The fraction of sp³-hybridized carbons (Fsp3) is 0.250. The predicted molar refractivity (Wildman–Crippen MR) is 104 cm³/mol. The molecule has 0 saturated carbocycles. The van der Waals surface area contributed by atoms with Crippen molar-refractivity contribution in [3.05, 3.63) is 107 Å². The van der Waals surface area contributed by atoms with Crippen LogP contribution >= 0.6 is 0 Å². The maximum absolute atomic E-state index is 2.42. The molecule has 0 nitrogen and oxygen atoms in total. The molecule has 0 amide bonds. The molecule has 122 valence electrons. The van der Waals surface area contributed by atoms with Gasteiger partial charge < -0.3 is 0 Å². The zero-order chi connectivity index (χ0) is 16.9. The molecule has 3 aromatic carbocycles. The number of aryl methyl sites for hydroxylation is 1. The summed E-state index contributed by atoms with van der Waals surface area (Å²) in [4.78, 5) is 0. The lowest BCUT2D eigenvalue weighted by molar-refractivity contribution is 0.866. The van der Waals surface area contributed by atoms with Crippen LogP contribution in [0.4, 0.5) is 0 Å². The molecule has 0 bridgehead atoms. The third kappa shape index (κ3) is 3.43. The van der Waals surface area contributed by atoms with Crippen LogP contribution in [0.2, 0.25) is 0 Å². The van der Waals surface area contributed by atoms with Crippen molar-refractivity contribution in [2.24, 2.45) is 0 Å². The molecule has 3 rings (SSSR count). The highest BCUT2D eigenvalue weighted by Gasteiger charge is 2.15. The summed E-state index contributed by atoms with van der Waals surface area (Å²) in [6.45, 7) is 6.87. The van der Waals surface area contributed by atoms with E-state index in [-0.39, 0.29) is 0 Å². The Kier molecular flexibility index (Phi) is 5.15. The predicted octanol–water partition coefficient (Wildman–Crippen LogP) is 6.55. The number of hydrogen-bond donors (Lipinski definition) is 0. The minimum Gasteiger partial charge on any atom is -0.0622 e. The molecule has 24 heavy (non-hydrogen) atoms. The van der Waals surface area contributed by atoms with Gasteiger partial charge in [0.1, 0.15) is 0 Å². The highest BCUT2D eigenvalue weighted by molar-refractivity contribution is 5.43. The van der Waals surface area contributed by atoms with Crippen molar-refractivity contribution in [1.82, 2.24) is 0 Å². The second-order valence-corrected chi connectivity index (χ2v) is 6.58. The SMILES string of the molecule is CCc1ccc(C(C)c2ccccc2)cc1C(C)c1ccccc1. The smallest absolute Gasteiger partial charge is 0.00638 e. The first-order chi connectivity index (χ1) is 11.7. The summed E-state index contributed by atoms with van der Waals surface area (Å²) in [7, 11) is 0. The van der Waals surface area contributed by atoms with Crippen molar-refractivity contribution in [3.63, 3.8) is 0 Å². The van der Waals surface area contributed by atoms with Crippen molar-refractivity contribution >= 4 is 0 Å². The van der Waals surface area contributed by atoms with E-state index in [0.29, 0.717) is 11.8 Å². The average Bonchev–Trinajstić information content (AvgIpc) is 2.67. The summed E-state index contributed by atoms with van der Waals surface area (Å²) in [5, 5.41) is 0. The van der Waals surface area contributed by atoms with E-state index in [0.717, 1.165) is 6.42 Å². The molecule has 0 aliphatic carbocycles. The third-order valence-electron chi connectivity index (χ3n) is 5.12. The summed E-state index contributed by atoms with van der Waals surface area (Å²) < 4.78 is 0. The molecule has 2 unspecified atom stereocenters. The summed E-state index contributed by atoms with van der Waals surface area (Å²) in [6.07, 6.45) is 1.08. The molecule has 0 heteroatoms. The van der Waals surface area contributed by atoms with Gasteiger partial charge in [0.05, 0.1) is 0 Å². The highest BCUT2D eigenvalue weighted by atomic mass is 14.2. The summed E-state index contributed by atoms with van der Waals surface area (Å²) >= 11 is 0. The van der Waals surface area contributed by atoms with Crippen molar-refractivity contribution in [2.45, 2.75) is 39.0 Å². The molecule has 0 saturated heterocycles. The minimum absolute atomic E-state index is 0.416. The number of rotatable bonds is 5. The second kappa shape index (κ2) is 7.49. The lowest BCUT2D eigenvalue weighted by Gasteiger charge is -2.20. The van der Waals surface area contributed by atoms with Crippen LogP contribution in [0, 0.1) is 0 Å². The van der Waals surface area contributed by atoms with Gasteiger partial charge in [-0.1, -0.05) is 99.6 Å². The lowest BCUT2D eigenvalue weighted by Crippen LogP contribution is -2.04. The van der Waals surface area contributed by atoms with E-state index in [1.807, 2.05) is 0 Å². The van der Waals surface area contributed by atoms with E-state index in [1.54, 1.807) is 0 Å². The Labute approximate surface area is 146 Å². The summed E-state index contributed by atoms with van der Waals surface area (Å²) in [5.41, 5.74) is 7.08. The van der Waals surface area contributed by atoms with Crippen LogP contribution < -0.4 is 0 Å². The normalized spacial score (nSPS) is 13.5. The Bertz CT molecular complexity index is 772. The number of benzene rings is 3. The fourth-order valence-corrected chi connectivity index (χ4v) is 3.46. The molecule has 0 N–H and O–H groups in total. The minimum atomic E-state index is 0.416. The molecule has 3 aromatic rings. The topological polar surface area (TPSA) is 0 Å². The molecular formula is C24H26. The van der Waals surface area contributed by atoms with Crippen LogP contribution in [-0.2, 0) is 6.42 Å². The highest BCUT2D eigenvalue weighted by Crippen LogP contribution is 2.32. The standard InChI is InChI=1S/C24H26/c1-4-20-15-16-23(18(2)21-11-7-5-8-12-21)17-24(20)19(3)22-13-9-6-10-14-22/h5-19H,4H2,1-3H3. The Balaban J connectivity index is 2.00. The van der Waals surface area contributed by atoms with Crippen molar-refractivity contribution < 1.29 is 0 Å². The monoisotopic (exact) mass is 314 g/mol. The molecule has 0 fully saturated rings. The second-order valence-electron chi connectivity index (χ2n) is 6.58. The fourth-order valence-electron chi connectivity index (χ4n) is 3.46. The first kappa shape index (κ1) is 16.5. The van der Waals surface area contributed by atoms with E-state index < -0.39 is 0 Å². The van der Waals surface area contributed by atoms with E-state index in [4.69, 9.17) is 0 Å². The Morgan fingerprint density at radius 3 is 1.71 bits per heavy atom. The molecule has 0 aromatic heterocycles. The lowest BCUT2D eigenvalue weighted by atomic mass is 9.84. The van der Waals surface area contributed by atoms with Gasteiger partial charge in [-0.3, -0.25) is 0 Å². The van der Waals surface area contributed by atoms with Crippen molar-refractivity contribution in [1.29, 1.82) is 0 Å². The largest absolute Gasteiger partial charge is 0.0622 e. The maximum Gasteiger partial charge on any atom is 0.00638 e. The molecule has 0 aliphatic rings. The number of hydrogen-bond acceptors (Lipinski definition) is 0. The Morgan fingerprint density at radius 1 is 0.625 bits per heavy atom. The van der Waals surface area contributed by atoms with Crippen LogP contribution in [-0.4, -0.2) is 0 Å². The van der Waals surface area contributed by atoms with E-state index in [9.17, 15) is 0 Å². The maximum atomic E-state index is 2.42. The molecule has 0 spiro atoms. The van der Waals surface area contributed by atoms with Gasteiger partial charge in [0.2, 0.25) is 0 Å². The van der Waals surface area contributed by atoms with Crippen LogP contribution in [0.3, 0.4) is 0 Å². The van der Waals surface area contributed by atoms with E-state index in [2.05, 4.69) is 99.6 Å². The van der Waals surface area contributed by atoms with Crippen LogP contribution in [0.15, 0.2) is 78.9 Å². The van der Waals surface area contributed by atoms with Gasteiger partial charge in [0.25, 0.3) is 0 Å². The van der Waals surface area contributed by atoms with Gasteiger partial charge in [-0.2, -0.15) is 0 Å². The molecule has 0 radical (unpaired) electrons. The van der Waals surface area contributed by atoms with E-state index >= 15 is 0 Å². The zero-order valence-electron chi connectivity index (χ0n) is 14.9. The Morgan fingerprint density at radius 2 is 1.17 bits per heavy atom. The van der Waals surface area contributed by atoms with Gasteiger partial charge in [0.15, 0.2) is 0 Å². The summed E-state index contributed by atoms with van der Waals surface area (Å²) in [5.74, 6) is 0.836. The quantitative estimate of drug-likeness (QED) is 0.500. The van der Waals surface area contributed by atoms with Crippen LogP contribution in [0.1, 0.15) is 60.4 Å².